The average Bonchev–Trinajstić information content (AvgIpc) is 3.04. The van der Waals surface area contributed by atoms with E-state index in [2.05, 4.69) is 4.99 Å². The van der Waals surface area contributed by atoms with E-state index in [1.54, 1.807) is 36.4 Å². The van der Waals surface area contributed by atoms with Crippen LogP contribution in [-0.4, -0.2) is 35.9 Å². The molecule has 0 saturated carbocycles. The number of hydrogen-bond acceptors (Lipinski definition) is 6. The van der Waals surface area contributed by atoms with Crippen molar-refractivity contribution in [3.8, 4) is 5.75 Å². The van der Waals surface area contributed by atoms with Crippen LogP contribution in [0.2, 0.25) is 0 Å². The fraction of sp³-hybridized carbons (Fsp3) is 0.286. The van der Waals surface area contributed by atoms with E-state index in [1.807, 2.05) is 43.3 Å². The van der Waals surface area contributed by atoms with Gasteiger partial charge in [0.15, 0.2) is 4.80 Å². The Morgan fingerprint density at radius 3 is 2.69 bits per heavy atom. The van der Waals surface area contributed by atoms with E-state index in [1.165, 1.54) is 11.3 Å². The fourth-order valence-electron chi connectivity index (χ4n) is 2.83. The maximum absolute atomic E-state index is 12.9. The van der Waals surface area contributed by atoms with Gasteiger partial charge in [-0.2, -0.15) is 4.99 Å². The highest BCUT2D eigenvalue weighted by Crippen LogP contribution is 2.25. The summed E-state index contributed by atoms with van der Waals surface area (Å²) in [6.45, 7) is 4.08. The molecular weight excluding hydrogens is 408 g/mol. The van der Waals surface area contributed by atoms with E-state index in [4.69, 9.17) is 9.47 Å². The standard InChI is InChI=1S/C21H22N2O4S2/c1-4-27-19(24)13-23-16-11-10-14(26-3)12-18(16)29-21(23)22-20(25)15-8-6-7-9-17(15)28-5-2/h6-12H,4-5,13H2,1-3H3. The van der Waals surface area contributed by atoms with Gasteiger partial charge in [-0.05, 0) is 43.0 Å². The lowest BCUT2D eigenvalue weighted by Gasteiger charge is -2.06. The highest BCUT2D eigenvalue weighted by Gasteiger charge is 2.15. The molecule has 0 radical (unpaired) electrons. The number of benzene rings is 2. The fourth-order valence-corrected chi connectivity index (χ4v) is 4.68. The Balaban J connectivity index is 2.11. The molecule has 0 bridgehead atoms. The van der Waals surface area contributed by atoms with Crippen LogP contribution in [0.15, 0.2) is 52.4 Å². The normalized spacial score (nSPS) is 11.6. The minimum absolute atomic E-state index is 0.0162. The number of rotatable bonds is 7. The molecule has 0 aliphatic heterocycles. The number of carbonyl (C=O) groups excluding carboxylic acids is 2. The third-order valence-electron chi connectivity index (χ3n) is 4.10. The van der Waals surface area contributed by atoms with Crippen LogP contribution in [0.5, 0.6) is 5.75 Å². The summed E-state index contributed by atoms with van der Waals surface area (Å²) in [6.07, 6.45) is 0. The quantitative estimate of drug-likeness (QED) is 0.416. The molecule has 6 nitrogen and oxygen atoms in total. The molecule has 0 aliphatic carbocycles. The van der Waals surface area contributed by atoms with Gasteiger partial charge in [-0.25, -0.2) is 0 Å². The van der Waals surface area contributed by atoms with Crippen molar-refractivity contribution in [3.63, 3.8) is 0 Å². The SMILES string of the molecule is CCOC(=O)Cn1c(=NC(=O)c2ccccc2SCC)sc2cc(OC)ccc21. The van der Waals surface area contributed by atoms with Crippen molar-refractivity contribution < 1.29 is 19.1 Å². The molecule has 3 rings (SSSR count). The molecule has 0 N–H and O–H groups in total. The number of ether oxygens (including phenoxy) is 2. The molecule has 0 atom stereocenters. The number of hydrogen-bond donors (Lipinski definition) is 0. The number of fused-ring (bicyclic) bond motifs is 1. The summed E-state index contributed by atoms with van der Waals surface area (Å²) in [5, 5.41) is 0. The van der Waals surface area contributed by atoms with Crippen molar-refractivity contribution >= 4 is 45.2 Å². The Kier molecular flexibility index (Phi) is 7.11. The summed E-state index contributed by atoms with van der Waals surface area (Å²) < 4.78 is 13.0. The topological polar surface area (TPSA) is 69.9 Å². The van der Waals surface area contributed by atoms with E-state index in [-0.39, 0.29) is 18.4 Å². The van der Waals surface area contributed by atoms with Crippen molar-refractivity contribution in [3.05, 3.63) is 52.8 Å². The summed E-state index contributed by atoms with van der Waals surface area (Å²) in [7, 11) is 1.60. The molecule has 0 fully saturated rings. The number of thioether (sulfide) groups is 1. The van der Waals surface area contributed by atoms with E-state index in [9.17, 15) is 9.59 Å². The van der Waals surface area contributed by atoms with E-state index in [0.29, 0.717) is 22.7 Å². The molecule has 0 spiro atoms. The number of aromatic nitrogens is 1. The number of esters is 1. The molecule has 0 unspecified atom stereocenters. The third kappa shape index (κ3) is 4.89. The maximum Gasteiger partial charge on any atom is 0.326 e. The first-order valence-corrected chi connectivity index (χ1v) is 11.0. The number of carbonyl (C=O) groups is 2. The molecule has 29 heavy (non-hydrogen) atoms. The zero-order valence-electron chi connectivity index (χ0n) is 16.5. The monoisotopic (exact) mass is 430 g/mol. The molecule has 1 heterocycles. The average molecular weight is 431 g/mol. The van der Waals surface area contributed by atoms with Crippen molar-refractivity contribution in [2.75, 3.05) is 19.5 Å². The van der Waals surface area contributed by atoms with Gasteiger partial charge in [0.2, 0.25) is 0 Å². The second-order valence-electron chi connectivity index (χ2n) is 5.96. The highest BCUT2D eigenvalue weighted by atomic mass is 32.2. The molecule has 2 aromatic carbocycles. The van der Waals surface area contributed by atoms with Gasteiger partial charge in [0.25, 0.3) is 5.91 Å². The molecule has 8 heteroatoms. The number of methoxy groups -OCH3 is 1. The Morgan fingerprint density at radius 2 is 1.97 bits per heavy atom. The summed E-state index contributed by atoms with van der Waals surface area (Å²) >= 11 is 2.93. The lowest BCUT2D eigenvalue weighted by Crippen LogP contribution is -2.23. The Labute approximate surface area is 177 Å². The summed E-state index contributed by atoms with van der Waals surface area (Å²) in [6, 6.07) is 13.0. The van der Waals surface area contributed by atoms with Crippen molar-refractivity contribution in [2.24, 2.45) is 4.99 Å². The zero-order chi connectivity index (χ0) is 20.8. The van der Waals surface area contributed by atoms with Crippen molar-refractivity contribution in [1.29, 1.82) is 0 Å². The maximum atomic E-state index is 12.9. The van der Waals surface area contributed by atoms with Crippen LogP contribution in [0, 0.1) is 0 Å². The van der Waals surface area contributed by atoms with Gasteiger partial charge in [0.1, 0.15) is 12.3 Å². The van der Waals surface area contributed by atoms with Gasteiger partial charge in [0.05, 0.1) is 29.5 Å². The van der Waals surface area contributed by atoms with Gasteiger partial charge < -0.3 is 14.0 Å². The van der Waals surface area contributed by atoms with Crippen molar-refractivity contribution in [2.45, 2.75) is 25.3 Å². The molecule has 152 valence electrons. The smallest absolute Gasteiger partial charge is 0.326 e. The van der Waals surface area contributed by atoms with Crippen LogP contribution in [-0.2, 0) is 16.1 Å². The van der Waals surface area contributed by atoms with Gasteiger partial charge in [-0.3, -0.25) is 9.59 Å². The second kappa shape index (κ2) is 9.76. The Morgan fingerprint density at radius 1 is 1.17 bits per heavy atom. The molecule has 1 aromatic heterocycles. The number of nitrogens with zero attached hydrogens (tertiary/aromatic N) is 2. The third-order valence-corrected chi connectivity index (χ3v) is 6.09. The lowest BCUT2D eigenvalue weighted by molar-refractivity contribution is -0.143. The molecule has 1 amide bonds. The van der Waals surface area contributed by atoms with E-state index >= 15 is 0 Å². The summed E-state index contributed by atoms with van der Waals surface area (Å²) in [5.41, 5.74) is 1.35. The first-order chi connectivity index (χ1) is 14.1. The van der Waals surface area contributed by atoms with Crippen LogP contribution in [0.25, 0.3) is 10.2 Å². The summed E-state index contributed by atoms with van der Waals surface area (Å²) in [5.74, 6) is 0.844. The zero-order valence-corrected chi connectivity index (χ0v) is 18.1. The number of amides is 1. The Hall–Kier alpha value is -2.58. The minimum atomic E-state index is -0.376. The first-order valence-electron chi connectivity index (χ1n) is 9.21. The highest BCUT2D eigenvalue weighted by molar-refractivity contribution is 7.99. The molecule has 3 aromatic rings. The van der Waals surface area contributed by atoms with Gasteiger partial charge in [0, 0.05) is 4.90 Å². The van der Waals surface area contributed by atoms with Gasteiger partial charge in [-0.15, -0.1) is 11.8 Å². The number of thiazole rings is 1. The predicted molar refractivity (Wildman–Crippen MR) is 116 cm³/mol. The van der Waals surface area contributed by atoms with Crippen LogP contribution >= 0.6 is 23.1 Å². The van der Waals surface area contributed by atoms with E-state index < -0.39 is 0 Å². The van der Waals surface area contributed by atoms with Gasteiger partial charge in [-0.1, -0.05) is 30.4 Å². The van der Waals surface area contributed by atoms with Crippen LogP contribution in [0.4, 0.5) is 0 Å². The predicted octanol–water partition coefficient (Wildman–Crippen LogP) is 4.13. The molecular formula is C21H22N2O4S2. The van der Waals surface area contributed by atoms with Crippen LogP contribution < -0.4 is 9.54 Å². The van der Waals surface area contributed by atoms with Gasteiger partial charge >= 0.3 is 5.97 Å². The molecule has 0 saturated heterocycles. The Bertz CT molecular complexity index is 1100. The van der Waals surface area contributed by atoms with Crippen molar-refractivity contribution in [1.82, 2.24) is 4.57 Å². The largest absolute Gasteiger partial charge is 0.497 e. The van der Waals surface area contributed by atoms with Crippen LogP contribution in [0.1, 0.15) is 24.2 Å². The van der Waals surface area contributed by atoms with Crippen LogP contribution in [0.3, 0.4) is 0 Å². The minimum Gasteiger partial charge on any atom is -0.497 e. The molecule has 0 aliphatic rings. The first kappa shape index (κ1) is 21.1. The second-order valence-corrected chi connectivity index (χ2v) is 8.27. The van der Waals surface area contributed by atoms with E-state index in [0.717, 1.165) is 20.9 Å². The lowest BCUT2D eigenvalue weighted by atomic mass is 10.2. The summed E-state index contributed by atoms with van der Waals surface area (Å²) in [4.78, 5) is 30.8.